The van der Waals surface area contributed by atoms with Crippen LogP contribution in [0.25, 0.3) is 0 Å². The van der Waals surface area contributed by atoms with Crippen molar-refractivity contribution in [2.24, 2.45) is 5.73 Å². The van der Waals surface area contributed by atoms with E-state index in [1.54, 1.807) is 0 Å². The van der Waals surface area contributed by atoms with Crippen molar-refractivity contribution >= 4 is 5.91 Å². The number of nitrogens with zero attached hydrogens (tertiary/aromatic N) is 1. The average molecular weight is 261 g/mol. The number of unbranched alkanes of at least 4 members (excludes halogenated alkanes) is 1. The summed E-state index contributed by atoms with van der Waals surface area (Å²) in [6.45, 7) is 14.1. The minimum atomic E-state index is -0.250. The van der Waals surface area contributed by atoms with Gasteiger partial charge in [0.1, 0.15) is 0 Å². The van der Waals surface area contributed by atoms with Crippen LogP contribution < -0.4 is 18.1 Å². The van der Waals surface area contributed by atoms with E-state index in [0.717, 1.165) is 32.5 Å². The molecule has 0 saturated carbocycles. The minimum Gasteiger partial charge on any atom is -1.00 e. The van der Waals surface area contributed by atoms with E-state index in [2.05, 4.69) is 20.1 Å². The molecule has 0 saturated heterocycles. The first-order valence-corrected chi connectivity index (χ1v) is 5.91. The van der Waals surface area contributed by atoms with Crippen LogP contribution in [0.2, 0.25) is 0 Å². The van der Waals surface area contributed by atoms with E-state index in [9.17, 15) is 4.79 Å². The zero-order chi connectivity index (χ0) is 12.6. The van der Waals surface area contributed by atoms with Gasteiger partial charge in [0.25, 0.3) is 5.91 Å². The molecule has 0 bridgehead atoms. The van der Waals surface area contributed by atoms with Gasteiger partial charge in [-0.05, 0) is 25.5 Å². The van der Waals surface area contributed by atoms with E-state index >= 15 is 0 Å². The summed E-state index contributed by atoms with van der Waals surface area (Å²) in [5.74, 6) is -0.250. The van der Waals surface area contributed by atoms with Crippen LogP contribution in [0.1, 0.15) is 26.7 Å². The van der Waals surface area contributed by atoms with E-state index in [4.69, 9.17) is 5.73 Å². The first-order chi connectivity index (χ1) is 7.54. The largest absolute Gasteiger partial charge is 1.00 e. The lowest BCUT2D eigenvalue weighted by Gasteiger charge is -2.41. The Kier molecular flexibility index (Phi) is 10.1. The molecule has 0 aromatic heterocycles. The monoisotopic (exact) mass is 260 g/mol. The highest BCUT2D eigenvalue weighted by Crippen LogP contribution is 2.16. The van der Waals surface area contributed by atoms with Gasteiger partial charge in [-0.2, -0.15) is 0 Å². The first kappa shape index (κ1) is 18.6. The SMILES string of the molecule is C=CC[N+](CC=C)(CCCC)C(C)C(N)=O.[Cl-]. The molecule has 4 heteroatoms. The van der Waals surface area contributed by atoms with E-state index in [1.807, 2.05) is 19.1 Å². The van der Waals surface area contributed by atoms with E-state index in [0.29, 0.717) is 4.48 Å². The van der Waals surface area contributed by atoms with Crippen LogP contribution in [0, 0.1) is 0 Å². The van der Waals surface area contributed by atoms with E-state index in [1.165, 1.54) is 0 Å². The molecule has 0 aromatic carbocycles. The molecule has 3 nitrogen and oxygen atoms in total. The molecule has 0 spiro atoms. The van der Waals surface area contributed by atoms with Crippen LogP contribution in [0.3, 0.4) is 0 Å². The molecular formula is C13H25ClN2O. The lowest BCUT2D eigenvalue weighted by atomic mass is 10.1. The molecule has 0 heterocycles. The summed E-state index contributed by atoms with van der Waals surface area (Å²) in [6, 6.07) is -0.192. The van der Waals surface area contributed by atoms with Gasteiger partial charge in [0, 0.05) is 0 Å². The number of hydrogen-bond donors (Lipinski definition) is 1. The fourth-order valence-electron chi connectivity index (χ4n) is 2.02. The second-order valence-electron chi connectivity index (χ2n) is 4.32. The number of nitrogens with two attached hydrogens (primary N) is 1. The molecule has 0 fully saturated rings. The van der Waals surface area contributed by atoms with Crippen LogP contribution in [-0.2, 0) is 4.79 Å². The molecule has 17 heavy (non-hydrogen) atoms. The lowest BCUT2D eigenvalue weighted by Crippen LogP contribution is -3.00. The average Bonchev–Trinajstić information content (AvgIpc) is 2.25. The Labute approximate surface area is 111 Å². The smallest absolute Gasteiger partial charge is 0.275 e. The Morgan fingerprint density at radius 2 is 1.82 bits per heavy atom. The van der Waals surface area contributed by atoms with Crippen LogP contribution in [0.5, 0.6) is 0 Å². The highest BCUT2D eigenvalue weighted by atomic mass is 35.5. The normalized spacial score (nSPS) is 12.4. The summed E-state index contributed by atoms with van der Waals surface area (Å²) in [4.78, 5) is 11.4. The van der Waals surface area contributed by atoms with Crippen molar-refractivity contribution in [3.8, 4) is 0 Å². The van der Waals surface area contributed by atoms with Crippen molar-refractivity contribution in [2.75, 3.05) is 19.6 Å². The molecule has 0 aliphatic rings. The predicted octanol–water partition coefficient (Wildman–Crippen LogP) is -1.15. The molecule has 100 valence electrons. The summed E-state index contributed by atoms with van der Waals surface area (Å²) >= 11 is 0. The summed E-state index contributed by atoms with van der Waals surface area (Å²) in [5, 5.41) is 0. The second kappa shape index (κ2) is 9.25. The van der Waals surface area contributed by atoms with Crippen LogP contribution in [-0.4, -0.2) is 36.1 Å². The van der Waals surface area contributed by atoms with Crippen molar-refractivity contribution in [1.29, 1.82) is 0 Å². The van der Waals surface area contributed by atoms with Crippen molar-refractivity contribution < 1.29 is 21.7 Å². The van der Waals surface area contributed by atoms with Crippen LogP contribution in [0.15, 0.2) is 25.3 Å². The molecule has 1 atom stereocenters. The maximum atomic E-state index is 11.4. The van der Waals surface area contributed by atoms with Gasteiger partial charge in [0.15, 0.2) is 6.04 Å². The molecule has 1 unspecified atom stereocenters. The van der Waals surface area contributed by atoms with Gasteiger partial charge in [-0.1, -0.05) is 26.5 Å². The molecule has 0 aromatic rings. The van der Waals surface area contributed by atoms with Gasteiger partial charge in [0.2, 0.25) is 0 Å². The van der Waals surface area contributed by atoms with Gasteiger partial charge in [0.05, 0.1) is 19.6 Å². The number of rotatable bonds is 9. The maximum Gasteiger partial charge on any atom is 0.275 e. The Bertz CT molecular complexity index is 244. The van der Waals surface area contributed by atoms with Crippen LogP contribution >= 0.6 is 0 Å². The summed E-state index contributed by atoms with van der Waals surface area (Å²) < 4.78 is 0.649. The minimum absolute atomic E-state index is 0. The maximum absolute atomic E-state index is 11.4. The molecule has 0 aliphatic carbocycles. The number of quaternary nitrogens is 1. The number of amides is 1. The Hall–Kier alpha value is -0.800. The highest BCUT2D eigenvalue weighted by Gasteiger charge is 2.34. The number of hydrogen-bond acceptors (Lipinski definition) is 1. The molecule has 0 rings (SSSR count). The number of primary amides is 1. The highest BCUT2D eigenvalue weighted by molar-refractivity contribution is 5.78. The van der Waals surface area contributed by atoms with Gasteiger partial charge >= 0.3 is 0 Å². The Morgan fingerprint density at radius 3 is 2.12 bits per heavy atom. The fraction of sp³-hybridized carbons (Fsp3) is 0.615. The molecule has 1 amide bonds. The summed E-state index contributed by atoms with van der Waals surface area (Å²) in [6.07, 6.45) is 5.91. The van der Waals surface area contributed by atoms with E-state index < -0.39 is 0 Å². The second-order valence-corrected chi connectivity index (χ2v) is 4.32. The lowest BCUT2D eigenvalue weighted by molar-refractivity contribution is -0.930. The van der Waals surface area contributed by atoms with Gasteiger partial charge < -0.3 is 22.6 Å². The van der Waals surface area contributed by atoms with Gasteiger partial charge in [-0.3, -0.25) is 4.79 Å². The third-order valence-electron chi connectivity index (χ3n) is 3.18. The first-order valence-electron chi connectivity index (χ1n) is 5.91. The standard InChI is InChI=1S/C13H24N2O.ClH/c1-5-8-11-15(9-6-2,10-7-3)12(4)13(14)16;/h6-7,12H,2-3,5,8-11H2,1,4H3,(H-,14,16);1H. The van der Waals surface area contributed by atoms with Crippen molar-refractivity contribution in [3.63, 3.8) is 0 Å². The predicted molar refractivity (Wildman–Crippen MR) is 68.8 cm³/mol. The summed E-state index contributed by atoms with van der Waals surface area (Å²) in [7, 11) is 0. The molecule has 0 radical (unpaired) electrons. The van der Waals surface area contributed by atoms with Crippen molar-refractivity contribution in [3.05, 3.63) is 25.3 Å². The quantitative estimate of drug-likeness (QED) is 0.413. The van der Waals surface area contributed by atoms with Crippen molar-refractivity contribution in [1.82, 2.24) is 0 Å². The zero-order valence-electron chi connectivity index (χ0n) is 11.0. The zero-order valence-corrected chi connectivity index (χ0v) is 11.7. The number of halogens is 1. The third-order valence-corrected chi connectivity index (χ3v) is 3.18. The third kappa shape index (κ3) is 5.37. The Balaban J connectivity index is 0. The Morgan fingerprint density at radius 1 is 1.35 bits per heavy atom. The van der Waals surface area contributed by atoms with E-state index in [-0.39, 0.29) is 24.4 Å². The number of carbonyl (C=O) groups excluding carboxylic acids is 1. The summed E-state index contributed by atoms with van der Waals surface area (Å²) in [5.41, 5.74) is 5.43. The number of carbonyl (C=O) groups is 1. The fourth-order valence-corrected chi connectivity index (χ4v) is 2.02. The van der Waals surface area contributed by atoms with Gasteiger partial charge in [-0.25, -0.2) is 0 Å². The molecule has 2 N–H and O–H groups in total. The van der Waals surface area contributed by atoms with Gasteiger partial charge in [-0.15, -0.1) is 0 Å². The molecule has 0 aliphatic heterocycles. The topological polar surface area (TPSA) is 43.1 Å². The van der Waals surface area contributed by atoms with Crippen LogP contribution in [0.4, 0.5) is 0 Å². The van der Waals surface area contributed by atoms with Crippen molar-refractivity contribution in [2.45, 2.75) is 32.7 Å². The molecular weight excluding hydrogens is 236 g/mol.